The molecule has 2 N–H and O–H groups in total. The second-order valence-electron chi connectivity index (χ2n) is 10.9. The van der Waals surface area contributed by atoms with E-state index in [1.807, 2.05) is 0 Å². The van der Waals surface area contributed by atoms with Crippen molar-refractivity contribution in [3.05, 3.63) is 76.2 Å². The molecule has 1 aliphatic rings. The quantitative estimate of drug-likeness (QED) is 0.215. The van der Waals surface area contributed by atoms with Gasteiger partial charge >= 0.3 is 12.4 Å². The highest BCUT2D eigenvalue weighted by atomic mass is 19.4. The predicted molar refractivity (Wildman–Crippen MR) is 146 cm³/mol. The summed E-state index contributed by atoms with van der Waals surface area (Å²) in [7, 11) is 1.26. The number of aryl methyl sites for hydroxylation is 1. The van der Waals surface area contributed by atoms with Crippen molar-refractivity contribution >= 4 is 29.5 Å². The van der Waals surface area contributed by atoms with E-state index in [1.54, 1.807) is 6.92 Å². The van der Waals surface area contributed by atoms with Gasteiger partial charge in [0.15, 0.2) is 0 Å². The van der Waals surface area contributed by atoms with Gasteiger partial charge in [-0.1, -0.05) is 6.07 Å². The number of halogens is 7. The molecule has 0 unspecified atom stereocenters. The standard InChI is InChI=1S/C30H27F7N4O2/c1-15-9-20(31)7-8-21(15)24-22(13-38)25(40-26(42)16-5-6-16)39-14-23(24)41(4)27(43)28(2,3)17-10-18(29(32,33)34)12-19(11-17)30(35,36)37/h7-14,16,38H,5-6H2,1-4H3,(H,39,40,42). The number of rotatable bonds is 7. The van der Waals surface area contributed by atoms with E-state index >= 15 is 0 Å². The Kier molecular flexibility index (Phi) is 8.16. The van der Waals surface area contributed by atoms with Crippen LogP contribution in [0.5, 0.6) is 0 Å². The Morgan fingerprint density at radius 1 is 0.977 bits per heavy atom. The van der Waals surface area contributed by atoms with Gasteiger partial charge in [-0.05, 0) is 80.6 Å². The summed E-state index contributed by atoms with van der Waals surface area (Å²) in [5.41, 5.74) is -4.55. The molecule has 0 saturated heterocycles. The number of nitrogens with zero attached hydrogens (tertiary/aromatic N) is 2. The number of hydrogen-bond acceptors (Lipinski definition) is 4. The fraction of sp³-hybridized carbons (Fsp3) is 0.333. The highest BCUT2D eigenvalue weighted by molar-refractivity contribution is 6.09. The molecule has 0 bridgehead atoms. The zero-order valence-corrected chi connectivity index (χ0v) is 23.5. The van der Waals surface area contributed by atoms with Gasteiger partial charge in [0.2, 0.25) is 11.8 Å². The molecule has 1 fully saturated rings. The van der Waals surface area contributed by atoms with Crippen LogP contribution in [0.4, 0.5) is 42.2 Å². The number of hydrogen-bond donors (Lipinski definition) is 2. The SMILES string of the molecule is Cc1cc(F)ccc1-c1c(N(C)C(=O)C(C)(C)c2cc(C(F)(F)F)cc(C(F)(F)F)c2)cnc(NC(=O)C2CC2)c1C=N. The molecule has 2 amide bonds. The van der Waals surface area contributed by atoms with E-state index in [0.29, 0.717) is 36.1 Å². The maximum Gasteiger partial charge on any atom is 0.416 e. The first-order valence-electron chi connectivity index (χ1n) is 13.0. The molecule has 1 aliphatic carbocycles. The molecule has 1 aromatic heterocycles. The van der Waals surface area contributed by atoms with Crippen LogP contribution in [0.15, 0.2) is 42.6 Å². The summed E-state index contributed by atoms with van der Waals surface area (Å²) in [6.07, 6.45) is -6.76. The molecule has 2 aromatic carbocycles. The number of anilines is 2. The van der Waals surface area contributed by atoms with Crippen LogP contribution in [-0.4, -0.2) is 30.1 Å². The van der Waals surface area contributed by atoms with Gasteiger partial charge in [-0.3, -0.25) is 9.59 Å². The van der Waals surface area contributed by atoms with Crippen molar-refractivity contribution < 1.29 is 40.3 Å². The topological polar surface area (TPSA) is 86.2 Å². The molecular formula is C30H27F7N4O2. The van der Waals surface area contributed by atoms with E-state index in [0.717, 1.165) is 17.2 Å². The molecule has 0 atom stereocenters. The van der Waals surface area contributed by atoms with E-state index in [2.05, 4.69) is 10.3 Å². The molecular weight excluding hydrogens is 581 g/mol. The first-order valence-corrected chi connectivity index (χ1v) is 13.0. The maximum atomic E-state index is 14.0. The first-order chi connectivity index (χ1) is 19.9. The van der Waals surface area contributed by atoms with Gasteiger partial charge in [-0.25, -0.2) is 9.37 Å². The van der Waals surface area contributed by atoms with E-state index < -0.39 is 46.2 Å². The average Bonchev–Trinajstić information content (AvgIpc) is 3.77. The Balaban J connectivity index is 1.88. The number of benzene rings is 2. The van der Waals surface area contributed by atoms with Gasteiger partial charge in [0.1, 0.15) is 11.6 Å². The average molecular weight is 609 g/mol. The molecule has 1 heterocycles. The Bertz CT molecular complexity index is 1580. The van der Waals surface area contributed by atoms with Crippen LogP contribution in [0.25, 0.3) is 11.1 Å². The zero-order chi connectivity index (χ0) is 32.1. The van der Waals surface area contributed by atoms with Crippen LogP contribution in [0.2, 0.25) is 0 Å². The minimum Gasteiger partial charge on any atom is -0.313 e. The van der Waals surface area contributed by atoms with Gasteiger partial charge in [0.25, 0.3) is 0 Å². The number of carbonyl (C=O) groups is 2. The van der Waals surface area contributed by atoms with Crippen LogP contribution in [0.3, 0.4) is 0 Å². The van der Waals surface area contributed by atoms with Gasteiger partial charge < -0.3 is 15.6 Å². The normalized spacial score (nSPS) is 13.9. The van der Waals surface area contributed by atoms with Gasteiger partial charge in [-0.2, -0.15) is 26.3 Å². The summed E-state index contributed by atoms with van der Waals surface area (Å²) < 4.78 is 95.5. The lowest BCUT2D eigenvalue weighted by molar-refractivity contribution is -0.143. The predicted octanol–water partition coefficient (Wildman–Crippen LogP) is 7.52. The molecule has 13 heteroatoms. The number of aromatic nitrogens is 1. The van der Waals surface area contributed by atoms with Gasteiger partial charge in [0.05, 0.1) is 28.4 Å². The number of nitrogens with one attached hydrogen (secondary N) is 2. The molecule has 43 heavy (non-hydrogen) atoms. The van der Waals surface area contributed by atoms with Crippen LogP contribution >= 0.6 is 0 Å². The number of carbonyl (C=O) groups excluding carboxylic acids is 2. The molecule has 4 rings (SSSR count). The second-order valence-corrected chi connectivity index (χ2v) is 10.9. The maximum absolute atomic E-state index is 14.0. The third-order valence-electron chi connectivity index (χ3n) is 7.40. The Morgan fingerprint density at radius 3 is 2.02 bits per heavy atom. The summed E-state index contributed by atoms with van der Waals surface area (Å²) in [6.45, 7) is 3.96. The summed E-state index contributed by atoms with van der Waals surface area (Å²) in [5.74, 6) is -1.99. The molecule has 3 aromatic rings. The van der Waals surface area contributed by atoms with Crippen molar-refractivity contribution in [1.29, 1.82) is 5.41 Å². The van der Waals surface area contributed by atoms with Crippen molar-refractivity contribution in [3.63, 3.8) is 0 Å². The smallest absolute Gasteiger partial charge is 0.313 e. The van der Waals surface area contributed by atoms with Crippen molar-refractivity contribution in [1.82, 2.24) is 4.98 Å². The second kappa shape index (κ2) is 11.1. The Morgan fingerprint density at radius 2 is 1.53 bits per heavy atom. The lowest BCUT2D eigenvalue weighted by Crippen LogP contribution is -2.42. The Labute approximate surface area is 242 Å². The van der Waals surface area contributed by atoms with Gasteiger partial charge in [0, 0.05) is 30.3 Å². The summed E-state index contributed by atoms with van der Waals surface area (Å²) >= 11 is 0. The highest BCUT2D eigenvalue weighted by Crippen LogP contribution is 2.42. The number of alkyl halides is 6. The lowest BCUT2D eigenvalue weighted by Gasteiger charge is -2.32. The molecule has 0 aliphatic heterocycles. The zero-order valence-electron chi connectivity index (χ0n) is 23.5. The molecule has 228 valence electrons. The Hall–Kier alpha value is -4.29. The lowest BCUT2D eigenvalue weighted by atomic mass is 9.81. The van der Waals surface area contributed by atoms with E-state index in [1.165, 1.54) is 39.2 Å². The molecule has 1 saturated carbocycles. The van der Waals surface area contributed by atoms with E-state index in [9.17, 15) is 40.3 Å². The monoisotopic (exact) mass is 608 g/mol. The summed E-state index contributed by atoms with van der Waals surface area (Å²) in [6, 6.07) is 4.75. The summed E-state index contributed by atoms with van der Waals surface area (Å²) in [4.78, 5) is 31.7. The van der Waals surface area contributed by atoms with Crippen molar-refractivity contribution in [2.45, 2.75) is 51.4 Å². The largest absolute Gasteiger partial charge is 0.416 e. The van der Waals surface area contributed by atoms with Gasteiger partial charge in [-0.15, -0.1) is 0 Å². The summed E-state index contributed by atoms with van der Waals surface area (Å²) in [5, 5.41) is 10.8. The van der Waals surface area contributed by atoms with Crippen molar-refractivity contribution in [2.75, 3.05) is 17.3 Å². The van der Waals surface area contributed by atoms with Crippen LogP contribution in [0.1, 0.15) is 54.5 Å². The minimum absolute atomic E-state index is 0.00202. The molecule has 6 nitrogen and oxygen atoms in total. The fourth-order valence-electron chi connectivity index (χ4n) is 4.73. The van der Waals surface area contributed by atoms with E-state index in [4.69, 9.17) is 5.41 Å². The van der Waals surface area contributed by atoms with Crippen LogP contribution in [-0.2, 0) is 27.4 Å². The fourth-order valence-corrected chi connectivity index (χ4v) is 4.73. The van der Waals surface area contributed by atoms with Crippen molar-refractivity contribution in [2.24, 2.45) is 5.92 Å². The molecule has 0 spiro atoms. The highest BCUT2D eigenvalue weighted by Gasteiger charge is 2.41. The first kappa shape index (κ1) is 31.6. The number of pyridine rings is 1. The van der Waals surface area contributed by atoms with Crippen molar-refractivity contribution in [3.8, 4) is 11.1 Å². The van der Waals surface area contributed by atoms with Crippen LogP contribution < -0.4 is 10.2 Å². The minimum atomic E-state index is -5.11. The van der Waals surface area contributed by atoms with Crippen LogP contribution in [0, 0.1) is 24.1 Å². The molecule has 0 radical (unpaired) electrons. The number of amides is 2. The van der Waals surface area contributed by atoms with E-state index in [-0.39, 0.29) is 40.5 Å². The third-order valence-corrected chi connectivity index (χ3v) is 7.40. The number of likely N-dealkylation sites (N-methyl/N-ethyl adjacent to an activating group) is 1. The third kappa shape index (κ3) is 6.40.